The summed E-state index contributed by atoms with van der Waals surface area (Å²) in [6.45, 7) is 1.61. The maximum Gasteiger partial charge on any atom is 0.322 e. The molecule has 0 aromatic heterocycles. The van der Waals surface area contributed by atoms with E-state index in [-0.39, 0.29) is 18.6 Å². The van der Waals surface area contributed by atoms with E-state index >= 15 is 0 Å². The Hall–Kier alpha value is -2.17. The topological polar surface area (TPSA) is 83.5 Å². The lowest BCUT2D eigenvalue weighted by Crippen LogP contribution is -2.29. The highest BCUT2D eigenvalue weighted by atomic mass is 16.4. The van der Waals surface area contributed by atoms with Crippen LogP contribution in [0.25, 0.3) is 0 Å². The summed E-state index contributed by atoms with van der Waals surface area (Å²) < 4.78 is 0. The second-order valence-corrected chi connectivity index (χ2v) is 4.14. The van der Waals surface area contributed by atoms with Gasteiger partial charge in [0, 0.05) is 18.4 Å². The van der Waals surface area contributed by atoms with E-state index in [1.54, 1.807) is 12.1 Å². The molecule has 0 unspecified atom stereocenters. The third kappa shape index (κ3) is 5.33. The quantitative estimate of drug-likeness (QED) is 0.729. The Labute approximate surface area is 111 Å². The molecule has 1 amide bonds. The number of rotatable bonds is 7. The minimum atomic E-state index is -1.10. The average molecular weight is 263 g/mol. The highest BCUT2D eigenvalue weighted by Crippen LogP contribution is 2.08. The highest BCUT2D eigenvalue weighted by molar-refractivity contribution is 5.98. The van der Waals surface area contributed by atoms with Crippen molar-refractivity contribution in [1.29, 1.82) is 0 Å². The van der Waals surface area contributed by atoms with Crippen LogP contribution in [0, 0.1) is 0 Å². The molecule has 0 aliphatic heterocycles. The zero-order valence-electron chi connectivity index (χ0n) is 10.8. The summed E-state index contributed by atoms with van der Waals surface area (Å²) in [7, 11) is 0. The maximum atomic E-state index is 11.8. The fourth-order valence-corrected chi connectivity index (χ4v) is 1.56. The Morgan fingerprint density at radius 1 is 1.11 bits per heavy atom. The first-order chi connectivity index (χ1) is 9.02. The lowest BCUT2D eigenvalue weighted by Gasteiger charge is -2.03. The Balaban J connectivity index is 2.42. The molecule has 2 N–H and O–H groups in total. The molecular weight excluding hydrogens is 246 g/mol. The van der Waals surface area contributed by atoms with Gasteiger partial charge in [-0.25, -0.2) is 0 Å². The molecule has 5 heteroatoms. The van der Waals surface area contributed by atoms with E-state index in [4.69, 9.17) is 5.11 Å². The first kappa shape index (κ1) is 14.9. The van der Waals surface area contributed by atoms with Crippen molar-refractivity contribution in [2.24, 2.45) is 0 Å². The lowest BCUT2D eigenvalue weighted by atomic mass is 10.0. The fourth-order valence-electron chi connectivity index (χ4n) is 1.56. The minimum Gasteiger partial charge on any atom is -0.480 e. The van der Waals surface area contributed by atoms with E-state index in [9.17, 15) is 14.4 Å². The number of aliphatic carboxylic acids is 1. The summed E-state index contributed by atoms with van der Waals surface area (Å²) in [4.78, 5) is 33.3. The Morgan fingerprint density at radius 2 is 1.74 bits per heavy atom. The minimum absolute atomic E-state index is 0.00163. The lowest BCUT2D eigenvalue weighted by molar-refractivity contribution is -0.137. The number of carboxylic acid groups (broad SMARTS) is 1. The van der Waals surface area contributed by atoms with Gasteiger partial charge in [-0.05, 0) is 12.0 Å². The molecule has 1 aromatic carbocycles. The molecule has 0 aliphatic carbocycles. The molecule has 5 nitrogen and oxygen atoms in total. The second-order valence-electron chi connectivity index (χ2n) is 4.14. The number of nitrogens with one attached hydrogen (secondary N) is 1. The van der Waals surface area contributed by atoms with Gasteiger partial charge in [0.2, 0.25) is 5.91 Å². The molecule has 19 heavy (non-hydrogen) atoms. The maximum absolute atomic E-state index is 11.8. The number of carboxylic acids is 1. The molecule has 0 bridgehead atoms. The number of ketones is 1. The number of aryl methyl sites for hydroxylation is 1. The number of benzene rings is 1. The van der Waals surface area contributed by atoms with Crippen molar-refractivity contribution < 1.29 is 19.5 Å². The van der Waals surface area contributed by atoms with Crippen LogP contribution in [-0.4, -0.2) is 29.3 Å². The molecule has 0 saturated heterocycles. The number of hydrogen-bond donors (Lipinski definition) is 2. The van der Waals surface area contributed by atoms with Crippen molar-refractivity contribution in [3.8, 4) is 0 Å². The van der Waals surface area contributed by atoms with Gasteiger partial charge >= 0.3 is 5.97 Å². The van der Waals surface area contributed by atoms with Crippen LogP contribution in [0.3, 0.4) is 0 Å². The second kappa shape index (κ2) is 7.31. The molecule has 102 valence electrons. The predicted molar refractivity (Wildman–Crippen MR) is 70.0 cm³/mol. The Morgan fingerprint density at radius 3 is 2.26 bits per heavy atom. The van der Waals surface area contributed by atoms with Crippen LogP contribution in [0.2, 0.25) is 0 Å². The molecule has 0 radical (unpaired) electrons. The first-order valence-corrected chi connectivity index (χ1v) is 6.13. The predicted octanol–water partition coefficient (Wildman–Crippen LogP) is 1.41. The van der Waals surface area contributed by atoms with E-state index in [0.29, 0.717) is 5.56 Å². The van der Waals surface area contributed by atoms with E-state index in [1.807, 2.05) is 19.1 Å². The number of amides is 1. The Bertz CT molecular complexity index is 465. The van der Waals surface area contributed by atoms with Crippen LogP contribution in [0.1, 0.15) is 35.7 Å². The van der Waals surface area contributed by atoms with E-state index in [1.165, 1.54) is 0 Å². The van der Waals surface area contributed by atoms with Crippen molar-refractivity contribution >= 4 is 17.7 Å². The average Bonchev–Trinajstić information content (AvgIpc) is 2.42. The van der Waals surface area contributed by atoms with Gasteiger partial charge in [0.25, 0.3) is 0 Å². The normalized spacial score (nSPS) is 9.95. The summed E-state index contributed by atoms with van der Waals surface area (Å²) in [6, 6.07) is 7.27. The van der Waals surface area contributed by atoms with Crippen LogP contribution in [0.4, 0.5) is 0 Å². The van der Waals surface area contributed by atoms with Gasteiger partial charge in [-0.1, -0.05) is 31.2 Å². The smallest absolute Gasteiger partial charge is 0.322 e. The monoisotopic (exact) mass is 263 g/mol. The first-order valence-electron chi connectivity index (χ1n) is 6.13. The zero-order valence-corrected chi connectivity index (χ0v) is 10.8. The number of Topliss-reactive ketones (excluding diaryl/α,β-unsaturated/α-hetero) is 1. The summed E-state index contributed by atoms with van der Waals surface area (Å²) >= 11 is 0. The number of carbonyl (C=O) groups is 3. The van der Waals surface area contributed by atoms with Crippen LogP contribution in [-0.2, 0) is 16.0 Å². The molecule has 0 heterocycles. The Kier molecular flexibility index (Phi) is 5.73. The van der Waals surface area contributed by atoms with Crippen molar-refractivity contribution in [3.05, 3.63) is 35.4 Å². The largest absolute Gasteiger partial charge is 0.480 e. The van der Waals surface area contributed by atoms with Crippen molar-refractivity contribution in [2.75, 3.05) is 6.54 Å². The molecule has 0 fully saturated rings. The highest BCUT2D eigenvalue weighted by Gasteiger charge is 2.09. The molecule has 0 saturated carbocycles. The van der Waals surface area contributed by atoms with Crippen LogP contribution in [0.15, 0.2) is 24.3 Å². The van der Waals surface area contributed by atoms with Crippen LogP contribution >= 0.6 is 0 Å². The fraction of sp³-hybridized carbons (Fsp3) is 0.357. The molecular formula is C14H17NO4. The SMILES string of the molecule is CCc1ccc(C(=O)CCC(=O)NCC(=O)O)cc1. The van der Waals surface area contributed by atoms with Gasteiger partial charge in [-0.15, -0.1) is 0 Å². The number of carbonyl (C=O) groups excluding carboxylic acids is 2. The van der Waals surface area contributed by atoms with Crippen molar-refractivity contribution in [1.82, 2.24) is 5.32 Å². The third-order valence-corrected chi connectivity index (χ3v) is 2.70. The summed E-state index contributed by atoms with van der Waals surface area (Å²) in [6.07, 6.45) is 0.991. The van der Waals surface area contributed by atoms with Crippen molar-refractivity contribution in [3.63, 3.8) is 0 Å². The van der Waals surface area contributed by atoms with E-state index in [0.717, 1.165) is 12.0 Å². The molecule has 1 rings (SSSR count). The van der Waals surface area contributed by atoms with Gasteiger partial charge < -0.3 is 10.4 Å². The van der Waals surface area contributed by atoms with Crippen LogP contribution in [0.5, 0.6) is 0 Å². The van der Waals surface area contributed by atoms with Crippen LogP contribution < -0.4 is 5.32 Å². The number of hydrogen-bond acceptors (Lipinski definition) is 3. The van der Waals surface area contributed by atoms with Gasteiger partial charge in [0.05, 0.1) is 0 Å². The summed E-state index contributed by atoms with van der Waals surface area (Å²) in [5, 5.41) is 10.6. The summed E-state index contributed by atoms with van der Waals surface area (Å²) in [5.41, 5.74) is 1.72. The van der Waals surface area contributed by atoms with Crippen molar-refractivity contribution in [2.45, 2.75) is 26.2 Å². The third-order valence-electron chi connectivity index (χ3n) is 2.70. The molecule has 1 aromatic rings. The molecule has 0 aliphatic rings. The van der Waals surface area contributed by atoms with E-state index in [2.05, 4.69) is 5.32 Å². The van der Waals surface area contributed by atoms with E-state index < -0.39 is 18.4 Å². The summed E-state index contributed by atoms with van der Waals surface area (Å²) in [5.74, 6) is -1.65. The van der Waals surface area contributed by atoms with Gasteiger partial charge in [-0.3, -0.25) is 14.4 Å². The molecule has 0 atom stereocenters. The van der Waals surface area contributed by atoms with Gasteiger partial charge in [0.1, 0.15) is 6.54 Å². The van der Waals surface area contributed by atoms with Gasteiger partial charge in [-0.2, -0.15) is 0 Å². The standard InChI is InChI=1S/C14H17NO4/c1-2-10-3-5-11(6-4-10)12(16)7-8-13(17)15-9-14(18)19/h3-6H,2,7-9H2,1H3,(H,15,17)(H,18,19). The molecule has 0 spiro atoms. The van der Waals surface area contributed by atoms with Gasteiger partial charge in [0.15, 0.2) is 5.78 Å². The zero-order chi connectivity index (χ0) is 14.3.